The maximum Gasteiger partial charge on any atom is 0.219 e. The average Bonchev–Trinajstić information content (AvgIpc) is 2.38. The Labute approximate surface area is 125 Å². The first-order chi connectivity index (χ1) is 9.32. The van der Waals surface area contributed by atoms with Crippen LogP contribution in [-0.2, 0) is 21.4 Å². The third kappa shape index (κ3) is 5.90. The predicted octanol–water partition coefficient (Wildman–Crippen LogP) is 1.63. The van der Waals surface area contributed by atoms with E-state index in [0.29, 0.717) is 18.0 Å². The zero-order chi connectivity index (χ0) is 15.2. The third-order valence-corrected chi connectivity index (χ3v) is 4.25. The summed E-state index contributed by atoms with van der Waals surface area (Å²) in [7, 11) is -3.33. The summed E-state index contributed by atoms with van der Waals surface area (Å²) in [5.74, 6) is -0.0926. The van der Waals surface area contributed by atoms with Crippen molar-refractivity contribution >= 4 is 27.5 Å². The lowest BCUT2D eigenvalue weighted by Crippen LogP contribution is -2.37. The van der Waals surface area contributed by atoms with Gasteiger partial charge in [-0.1, -0.05) is 30.7 Å². The lowest BCUT2D eigenvalue weighted by atomic mass is 10.2. The molecular formula is C13H19ClN2O3S. The topological polar surface area (TPSA) is 66.5 Å². The van der Waals surface area contributed by atoms with Gasteiger partial charge in [-0.3, -0.25) is 4.79 Å². The van der Waals surface area contributed by atoms with Crippen LogP contribution in [0.25, 0.3) is 0 Å². The molecule has 0 spiro atoms. The van der Waals surface area contributed by atoms with Gasteiger partial charge < -0.3 is 5.32 Å². The molecule has 5 nitrogen and oxygen atoms in total. The van der Waals surface area contributed by atoms with Crippen LogP contribution in [0.5, 0.6) is 0 Å². The number of amides is 1. The molecule has 1 aromatic rings. The van der Waals surface area contributed by atoms with Gasteiger partial charge in [-0.25, -0.2) is 8.42 Å². The van der Waals surface area contributed by atoms with Crippen LogP contribution in [-0.4, -0.2) is 38.0 Å². The minimum atomic E-state index is -3.33. The van der Waals surface area contributed by atoms with E-state index >= 15 is 0 Å². The van der Waals surface area contributed by atoms with Crippen LogP contribution in [0.1, 0.15) is 18.9 Å². The molecule has 0 unspecified atom stereocenters. The number of benzene rings is 1. The number of halogens is 1. The van der Waals surface area contributed by atoms with Crippen LogP contribution in [0.4, 0.5) is 0 Å². The molecule has 0 aliphatic carbocycles. The number of carbonyl (C=O) groups excluding carboxylic acids is 1. The fourth-order valence-corrected chi connectivity index (χ4v) is 2.53. The Morgan fingerprint density at radius 1 is 1.30 bits per heavy atom. The van der Waals surface area contributed by atoms with Crippen LogP contribution in [0, 0.1) is 0 Å². The maximum absolute atomic E-state index is 11.7. The monoisotopic (exact) mass is 318 g/mol. The molecule has 0 fully saturated rings. The van der Waals surface area contributed by atoms with E-state index in [-0.39, 0.29) is 19.0 Å². The number of hydrogen-bond donors (Lipinski definition) is 1. The van der Waals surface area contributed by atoms with E-state index in [1.165, 1.54) is 4.31 Å². The molecule has 0 aromatic heterocycles. The molecule has 0 aliphatic rings. The molecule has 0 aliphatic heterocycles. The molecule has 0 saturated heterocycles. The second-order valence-electron chi connectivity index (χ2n) is 4.43. The van der Waals surface area contributed by atoms with Crippen LogP contribution in [0.15, 0.2) is 24.3 Å². The van der Waals surface area contributed by atoms with Crippen molar-refractivity contribution in [1.82, 2.24) is 9.62 Å². The largest absolute Gasteiger partial charge is 0.355 e. The highest BCUT2D eigenvalue weighted by Crippen LogP contribution is 2.12. The zero-order valence-corrected chi connectivity index (χ0v) is 13.2. The second kappa shape index (κ2) is 7.61. The van der Waals surface area contributed by atoms with Gasteiger partial charge in [0.05, 0.1) is 6.26 Å². The van der Waals surface area contributed by atoms with Crippen LogP contribution < -0.4 is 5.32 Å². The first-order valence-corrected chi connectivity index (χ1v) is 8.52. The number of carbonyl (C=O) groups is 1. The van der Waals surface area contributed by atoms with Crippen molar-refractivity contribution in [2.24, 2.45) is 0 Å². The standard InChI is InChI=1S/C13H19ClN2O3S/c1-3-13(17)15-8-9-16(20(2,18)19)10-11-4-6-12(14)7-5-11/h4-7H,3,8-10H2,1-2H3,(H,15,17). The highest BCUT2D eigenvalue weighted by molar-refractivity contribution is 7.88. The minimum absolute atomic E-state index is 0.0926. The van der Waals surface area contributed by atoms with Gasteiger partial charge in [0, 0.05) is 31.1 Å². The van der Waals surface area contributed by atoms with Gasteiger partial charge in [0.15, 0.2) is 0 Å². The van der Waals surface area contributed by atoms with E-state index < -0.39 is 10.0 Å². The Kier molecular flexibility index (Phi) is 6.45. The van der Waals surface area contributed by atoms with Crippen molar-refractivity contribution in [3.63, 3.8) is 0 Å². The molecular weight excluding hydrogens is 300 g/mol. The molecule has 0 radical (unpaired) electrons. The summed E-state index contributed by atoms with van der Waals surface area (Å²) in [4.78, 5) is 11.1. The summed E-state index contributed by atoms with van der Waals surface area (Å²) in [6.45, 7) is 2.55. The van der Waals surface area contributed by atoms with Crippen LogP contribution in [0.2, 0.25) is 5.02 Å². The fraction of sp³-hybridized carbons (Fsp3) is 0.462. The highest BCUT2D eigenvalue weighted by atomic mass is 35.5. The molecule has 1 amide bonds. The fourth-order valence-electron chi connectivity index (χ4n) is 1.60. The molecule has 0 bridgehead atoms. The molecule has 1 rings (SSSR count). The number of nitrogens with one attached hydrogen (secondary N) is 1. The van der Waals surface area contributed by atoms with E-state index in [4.69, 9.17) is 11.6 Å². The first-order valence-electron chi connectivity index (χ1n) is 6.29. The van der Waals surface area contributed by atoms with Crippen molar-refractivity contribution in [2.45, 2.75) is 19.9 Å². The van der Waals surface area contributed by atoms with Crippen LogP contribution in [0.3, 0.4) is 0 Å². The van der Waals surface area contributed by atoms with Crippen molar-refractivity contribution in [3.8, 4) is 0 Å². The van der Waals surface area contributed by atoms with E-state index in [1.54, 1.807) is 31.2 Å². The average molecular weight is 319 g/mol. The van der Waals surface area contributed by atoms with Gasteiger partial charge in [0.2, 0.25) is 15.9 Å². The van der Waals surface area contributed by atoms with Gasteiger partial charge in [0.25, 0.3) is 0 Å². The Hall–Kier alpha value is -1.11. The summed E-state index contributed by atoms with van der Waals surface area (Å²) >= 11 is 5.79. The summed E-state index contributed by atoms with van der Waals surface area (Å²) in [6.07, 6.45) is 1.54. The van der Waals surface area contributed by atoms with E-state index in [2.05, 4.69) is 5.32 Å². The van der Waals surface area contributed by atoms with Gasteiger partial charge >= 0.3 is 0 Å². The van der Waals surface area contributed by atoms with Gasteiger partial charge in [-0.2, -0.15) is 4.31 Å². The molecule has 20 heavy (non-hydrogen) atoms. The van der Waals surface area contributed by atoms with Crippen molar-refractivity contribution < 1.29 is 13.2 Å². The third-order valence-electron chi connectivity index (χ3n) is 2.75. The van der Waals surface area contributed by atoms with Crippen molar-refractivity contribution in [3.05, 3.63) is 34.9 Å². The summed E-state index contributed by atoms with van der Waals surface area (Å²) in [5.41, 5.74) is 0.849. The Morgan fingerprint density at radius 2 is 1.90 bits per heavy atom. The lowest BCUT2D eigenvalue weighted by molar-refractivity contribution is -0.120. The van der Waals surface area contributed by atoms with Gasteiger partial charge in [-0.15, -0.1) is 0 Å². The summed E-state index contributed by atoms with van der Waals surface area (Å²) in [5, 5.41) is 3.27. The molecule has 1 N–H and O–H groups in total. The van der Waals surface area contributed by atoms with Gasteiger partial charge in [0.1, 0.15) is 0 Å². The summed E-state index contributed by atoms with van der Waals surface area (Å²) in [6, 6.07) is 7.00. The normalized spacial score (nSPS) is 11.6. The summed E-state index contributed by atoms with van der Waals surface area (Å²) < 4.78 is 24.8. The molecule has 1 aromatic carbocycles. The van der Waals surface area contributed by atoms with Crippen molar-refractivity contribution in [1.29, 1.82) is 0 Å². The Balaban J connectivity index is 2.66. The number of rotatable bonds is 7. The highest BCUT2D eigenvalue weighted by Gasteiger charge is 2.16. The smallest absolute Gasteiger partial charge is 0.219 e. The quantitative estimate of drug-likeness (QED) is 0.831. The predicted molar refractivity (Wildman–Crippen MR) is 80.0 cm³/mol. The van der Waals surface area contributed by atoms with E-state index in [9.17, 15) is 13.2 Å². The van der Waals surface area contributed by atoms with E-state index in [0.717, 1.165) is 11.8 Å². The number of nitrogens with zero attached hydrogens (tertiary/aromatic N) is 1. The zero-order valence-electron chi connectivity index (χ0n) is 11.6. The molecule has 7 heteroatoms. The Morgan fingerprint density at radius 3 is 2.40 bits per heavy atom. The van der Waals surface area contributed by atoms with E-state index in [1.807, 2.05) is 0 Å². The maximum atomic E-state index is 11.7. The van der Waals surface area contributed by atoms with Gasteiger partial charge in [-0.05, 0) is 17.7 Å². The SMILES string of the molecule is CCC(=O)NCCN(Cc1ccc(Cl)cc1)S(C)(=O)=O. The molecule has 0 saturated carbocycles. The number of sulfonamides is 1. The number of hydrogen-bond acceptors (Lipinski definition) is 3. The first kappa shape index (κ1) is 16.9. The minimum Gasteiger partial charge on any atom is -0.355 e. The molecule has 0 atom stereocenters. The molecule has 0 heterocycles. The van der Waals surface area contributed by atoms with Crippen LogP contribution >= 0.6 is 11.6 Å². The Bertz CT molecular complexity index is 543. The van der Waals surface area contributed by atoms with Crippen molar-refractivity contribution in [2.75, 3.05) is 19.3 Å². The lowest BCUT2D eigenvalue weighted by Gasteiger charge is -2.20. The molecule has 112 valence electrons. The second-order valence-corrected chi connectivity index (χ2v) is 6.85.